The predicted molar refractivity (Wildman–Crippen MR) is 118 cm³/mol. The Balaban J connectivity index is 1.81. The molecule has 0 saturated heterocycles. The number of methoxy groups -OCH3 is 1. The van der Waals surface area contributed by atoms with Crippen LogP contribution in [0.1, 0.15) is 47.8 Å². The summed E-state index contributed by atoms with van der Waals surface area (Å²) in [5, 5.41) is 3.02. The first-order valence-corrected chi connectivity index (χ1v) is 10.6. The van der Waals surface area contributed by atoms with Crippen molar-refractivity contribution in [2.45, 2.75) is 37.8 Å². The van der Waals surface area contributed by atoms with Crippen LogP contribution in [0.5, 0.6) is 5.75 Å². The number of amides is 2. The summed E-state index contributed by atoms with van der Waals surface area (Å²) in [5.74, 6) is -0.898. The molecule has 0 bridgehead atoms. The Bertz CT molecular complexity index is 1060. The van der Waals surface area contributed by atoms with Crippen LogP contribution < -0.4 is 15.0 Å². The van der Waals surface area contributed by atoms with Crippen molar-refractivity contribution < 1.29 is 23.1 Å². The lowest BCUT2D eigenvalue weighted by atomic mass is 10.0. The van der Waals surface area contributed by atoms with Crippen LogP contribution in [0.4, 0.5) is 10.1 Å². The zero-order chi connectivity index (χ0) is 22.5. The van der Waals surface area contributed by atoms with Crippen LogP contribution in [-0.4, -0.2) is 25.0 Å². The van der Waals surface area contributed by atoms with Gasteiger partial charge in [-0.05, 0) is 55.3 Å². The Morgan fingerprint density at radius 1 is 1.06 bits per heavy atom. The second-order valence-electron chi connectivity index (χ2n) is 7.76. The van der Waals surface area contributed by atoms with Crippen molar-refractivity contribution in [1.29, 1.82) is 0 Å². The highest BCUT2D eigenvalue weighted by Gasteiger charge is 2.37. The second kappa shape index (κ2) is 9.68. The third-order valence-electron chi connectivity index (χ3n) is 5.71. The number of nitrogens with zero attached hydrogens (tertiary/aromatic N) is 1. The van der Waals surface area contributed by atoms with Gasteiger partial charge in [0.1, 0.15) is 17.6 Å². The lowest BCUT2D eigenvalue weighted by Gasteiger charge is -2.32. The van der Waals surface area contributed by atoms with Crippen LogP contribution >= 0.6 is 0 Å². The van der Waals surface area contributed by atoms with Crippen LogP contribution in [0.3, 0.4) is 0 Å². The number of furan rings is 1. The van der Waals surface area contributed by atoms with E-state index in [1.807, 2.05) is 0 Å². The van der Waals surface area contributed by atoms with Crippen molar-refractivity contribution >= 4 is 17.5 Å². The van der Waals surface area contributed by atoms with E-state index in [0.29, 0.717) is 11.4 Å². The minimum absolute atomic E-state index is 0.00760. The van der Waals surface area contributed by atoms with E-state index in [9.17, 15) is 14.0 Å². The second-order valence-corrected chi connectivity index (χ2v) is 7.76. The quantitative estimate of drug-likeness (QED) is 0.573. The topological polar surface area (TPSA) is 71.8 Å². The van der Waals surface area contributed by atoms with Gasteiger partial charge < -0.3 is 14.5 Å². The minimum Gasteiger partial charge on any atom is -0.497 e. The lowest BCUT2D eigenvalue weighted by molar-refractivity contribution is -0.123. The van der Waals surface area contributed by atoms with E-state index in [2.05, 4.69) is 5.32 Å². The van der Waals surface area contributed by atoms with E-state index in [1.54, 1.807) is 42.5 Å². The molecule has 2 aromatic carbocycles. The highest BCUT2D eigenvalue weighted by atomic mass is 19.1. The SMILES string of the molecule is COc1ccc(N(C(=O)c2ccco2)C(C(=O)NC2CCCC2)c2ccccc2F)cc1. The van der Waals surface area contributed by atoms with E-state index in [-0.39, 0.29) is 17.4 Å². The number of halogens is 1. The average molecular weight is 436 g/mol. The zero-order valence-electron chi connectivity index (χ0n) is 17.8. The fourth-order valence-electron chi connectivity index (χ4n) is 4.09. The fraction of sp³-hybridized carbons (Fsp3) is 0.280. The highest BCUT2D eigenvalue weighted by molar-refractivity contribution is 6.08. The maximum Gasteiger partial charge on any atom is 0.294 e. The molecule has 6 nitrogen and oxygen atoms in total. The Kier molecular flexibility index (Phi) is 6.54. The zero-order valence-corrected chi connectivity index (χ0v) is 17.8. The fourth-order valence-corrected chi connectivity index (χ4v) is 4.09. The molecule has 32 heavy (non-hydrogen) atoms. The number of anilines is 1. The predicted octanol–water partition coefficient (Wildman–Crippen LogP) is 4.87. The number of rotatable bonds is 7. The van der Waals surface area contributed by atoms with Crippen LogP contribution in [0.25, 0.3) is 0 Å². The van der Waals surface area contributed by atoms with Crippen molar-refractivity contribution in [3.8, 4) is 5.75 Å². The molecule has 1 aliphatic carbocycles. The number of benzene rings is 2. The summed E-state index contributed by atoms with van der Waals surface area (Å²) in [5.41, 5.74) is 0.528. The molecule has 0 aliphatic heterocycles. The van der Waals surface area contributed by atoms with Crippen molar-refractivity contribution in [2.75, 3.05) is 12.0 Å². The van der Waals surface area contributed by atoms with E-state index in [4.69, 9.17) is 9.15 Å². The molecular weight excluding hydrogens is 411 g/mol. The van der Waals surface area contributed by atoms with Crippen LogP contribution in [-0.2, 0) is 4.79 Å². The summed E-state index contributed by atoms with van der Waals surface area (Å²) in [4.78, 5) is 28.3. The minimum atomic E-state index is -1.22. The Hall–Kier alpha value is -3.61. The maximum atomic E-state index is 15.0. The summed E-state index contributed by atoms with van der Waals surface area (Å²) in [7, 11) is 1.54. The Labute approximate surface area is 186 Å². The van der Waals surface area contributed by atoms with Gasteiger partial charge in [-0.1, -0.05) is 31.0 Å². The summed E-state index contributed by atoms with van der Waals surface area (Å²) in [6.07, 6.45) is 5.18. The number of nitrogens with one attached hydrogen (secondary N) is 1. The van der Waals surface area contributed by atoms with Crippen molar-refractivity contribution in [3.63, 3.8) is 0 Å². The summed E-state index contributed by atoms with van der Waals surface area (Å²) in [6, 6.07) is 14.6. The van der Waals surface area contributed by atoms with E-state index < -0.39 is 23.7 Å². The van der Waals surface area contributed by atoms with Gasteiger partial charge in [-0.25, -0.2) is 4.39 Å². The first-order chi connectivity index (χ1) is 15.6. The largest absolute Gasteiger partial charge is 0.497 e. The molecule has 166 valence electrons. The molecule has 0 spiro atoms. The number of carbonyl (C=O) groups is 2. The average Bonchev–Trinajstić information content (AvgIpc) is 3.52. The molecule has 1 aliphatic rings. The number of hydrogen-bond acceptors (Lipinski definition) is 4. The summed E-state index contributed by atoms with van der Waals surface area (Å²) < 4.78 is 25.5. The third-order valence-corrected chi connectivity index (χ3v) is 5.71. The first-order valence-electron chi connectivity index (χ1n) is 10.6. The number of ether oxygens (including phenoxy) is 1. The van der Waals surface area contributed by atoms with Gasteiger partial charge in [0.15, 0.2) is 5.76 Å². The van der Waals surface area contributed by atoms with Crippen molar-refractivity contribution in [3.05, 3.63) is 84.1 Å². The number of hydrogen-bond donors (Lipinski definition) is 1. The Morgan fingerprint density at radius 3 is 2.41 bits per heavy atom. The normalized spacial score (nSPS) is 14.7. The summed E-state index contributed by atoms with van der Waals surface area (Å²) in [6.45, 7) is 0. The van der Waals surface area contributed by atoms with Gasteiger partial charge >= 0.3 is 0 Å². The molecule has 3 aromatic rings. The van der Waals surface area contributed by atoms with Gasteiger partial charge in [-0.3, -0.25) is 14.5 Å². The van der Waals surface area contributed by atoms with Gasteiger partial charge in [0.2, 0.25) is 5.91 Å². The smallest absolute Gasteiger partial charge is 0.294 e. The molecule has 1 heterocycles. The van der Waals surface area contributed by atoms with Crippen LogP contribution in [0.2, 0.25) is 0 Å². The van der Waals surface area contributed by atoms with Crippen molar-refractivity contribution in [1.82, 2.24) is 5.32 Å². The molecule has 7 heteroatoms. The molecule has 4 rings (SSSR count). The molecule has 1 unspecified atom stereocenters. The van der Waals surface area contributed by atoms with E-state index in [0.717, 1.165) is 25.7 Å². The molecule has 1 aromatic heterocycles. The van der Waals surface area contributed by atoms with Crippen LogP contribution in [0, 0.1) is 5.82 Å². The van der Waals surface area contributed by atoms with Gasteiger partial charge in [0, 0.05) is 17.3 Å². The molecule has 2 amide bonds. The molecule has 1 atom stereocenters. The molecular formula is C25H25FN2O4. The van der Waals surface area contributed by atoms with Crippen LogP contribution in [0.15, 0.2) is 71.3 Å². The summed E-state index contributed by atoms with van der Waals surface area (Å²) >= 11 is 0. The van der Waals surface area contributed by atoms with Gasteiger partial charge in [-0.2, -0.15) is 0 Å². The molecule has 1 N–H and O–H groups in total. The number of carbonyl (C=O) groups excluding carboxylic acids is 2. The lowest BCUT2D eigenvalue weighted by Crippen LogP contribution is -2.46. The molecule has 1 fully saturated rings. The Morgan fingerprint density at radius 2 is 1.78 bits per heavy atom. The standard InChI is InChI=1S/C25H25FN2O4/c1-31-19-14-12-18(13-15-19)28(25(30)22-11-6-16-32-22)23(20-9-4-5-10-21(20)26)24(29)27-17-7-2-3-8-17/h4-6,9-17,23H,2-3,7-8H2,1H3,(H,27,29). The third kappa shape index (κ3) is 4.51. The van der Waals surface area contributed by atoms with Gasteiger partial charge in [0.25, 0.3) is 5.91 Å². The molecule has 1 saturated carbocycles. The highest BCUT2D eigenvalue weighted by Crippen LogP contribution is 2.33. The van der Waals surface area contributed by atoms with Crippen molar-refractivity contribution in [2.24, 2.45) is 0 Å². The van der Waals surface area contributed by atoms with E-state index in [1.165, 1.54) is 36.5 Å². The van der Waals surface area contributed by atoms with Gasteiger partial charge in [-0.15, -0.1) is 0 Å². The van der Waals surface area contributed by atoms with Gasteiger partial charge in [0.05, 0.1) is 13.4 Å². The molecule has 0 radical (unpaired) electrons. The monoisotopic (exact) mass is 436 g/mol. The maximum absolute atomic E-state index is 15.0. The first kappa shape index (κ1) is 21.6. The van der Waals surface area contributed by atoms with E-state index >= 15 is 0 Å².